The Hall–Kier alpha value is -3.85. The first-order valence-electron chi connectivity index (χ1n) is 15.6. The van der Waals surface area contributed by atoms with Crippen LogP contribution in [-0.4, -0.2) is 72.3 Å². The van der Waals surface area contributed by atoms with E-state index < -0.39 is 6.04 Å². The van der Waals surface area contributed by atoms with Crippen LogP contribution in [0.3, 0.4) is 0 Å². The number of aromatic nitrogens is 1. The zero-order valence-electron chi connectivity index (χ0n) is 25.8. The van der Waals surface area contributed by atoms with Crippen molar-refractivity contribution in [3.8, 4) is 5.75 Å². The van der Waals surface area contributed by atoms with Crippen molar-refractivity contribution in [3.63, 3.8) is 0 Å². The van der Waals surface area contributed by atoms with Gasteiger partial charge in [-0.15, -0.1) is 0 Å². The van der Waals surface area contributed by atoms with Gasteiger partial charge in [0.25, 0.3) is 0 Å². The molecular weight excluding hydrogens is 542 g/mol. The number of H-pyrrole nitrogens is 1. The molecule has 1 saturated heterocycles. The normalized spacial score (nSPS) is 17.4. The zero-order chi connectivity index (χ0) is 30.5. The number of hydrogen-bond acceptors (Lipinski definition) is 5. The van der Waals surface area contributed by atoms with Gasteiger partial charge in [-0.2, -0.15) is 0 Å². The molecule has 3 amide bonds. The number of ether oxygens (including phenoxy) is 1. The van der Waals surface area contributed by atoms with Crippen LogP contribution in [0.4, 0.5) is 10.5 Å². The van der Waals surface area contributed by atoms with Gasteiger partial charge in [-0.25, -0.2) is 4.79 Å². The third-order valence-corrected chi connectivity index (χ3v) is 8.97. The van der Waals surface area contributed by atoms with Crippen LogP contribution in [0.2, 0.25) is 0 Å². The molecule has 230 valence electrons. The molecule has 1 saturated carbocycles. The Bertz CT molecular complexity index is 1440. The number of ketones is 1. The fraction of sp³-hybridized carbons (Fsp3) is 0.500. The molecule has 2 heterocycles. The van der Waals surface area contributed by atoms with Crippen LogP contribution in [-0.2, 0) is 16.1 Å². The molecule has 1 aliphatic carbocycles. The summed E-state index contributed by atoms with van der Waals surface area (Å²) in [4.78, 5) is 47.6. The maximum Gasteiger partial charge on any atom is 0.318 e. The molecule has 0 bridgehead atoms. The van der Waals surface area contributed by atoms with Gasteiger partial charge in [-0.05, 0) is 76.0 Å². The number of hydrogen-bond donors (Lipinski definition) is 3. The molecule has 9 nitrogen and oxygen atoms in total. The summed E-state index contributed by atoms with van der Waals surface area (Å²) in [6.45, 7) is 6.05. The van der Waals surface area contributed by atoms with Crippen molar-refractivity contribution in [1.82, 2.24) is 20.1 Å². The number of nitrogens with zero attached hydrogens (tertiary/aromatic N) is 2. The third-order valence-electron chi connectivity index (χ3n) is 8.97. The molecule has 2 aromatic carbocycles. The van der Waals surface area contributed by atoms with Crippen LogP contribution in [0.5, 0.6) is 5.75 Å². The van der Waals surface area contributed by atoms with E-state index in [-0.39, 0.29) is 29.7 Å². The predicted octanol–water partition coefficient (Wildman–Crippen LogP) is 5.53. The van der Waals surface area contributed by atoms with Gasteiger partial charge in [0, 0.05) is 54.5 Å². The minimum atomic E-state index is -0.854. The highest BCUT2D eigenvalue weighted by Gasteiger charge is 2.36. The number of para-hydroxylation sites is 1. The van der Waals surface area contributed by atoms with Crippen LogP contribution < -0.4 is 15.4 Å². The molecule has 2 aliphatic rings. The summed E-state index contributed by atoms with van der Waals surface area (Å²) in [5, 5.41) is 7.17. The average Bonchev–Trinajstić information content (AvgIpc) is 3.40. The van der Waals surface area contributed by atoms with Gasteiger partial charge in [0.1, 0.15) is 17.6 Å². The van der Waals surface area contributed by atoms with Gasteiger partial charge < -0.3 is 30.2 Å². The van der Waals surface area contributed by atoms with Crippen molar-refractivity contribution in [3.05, 3.63) is 59.8 Å². The number of fused-ring (bicyclic) bond motifs is 1. The smallest absolute Gasteiger partial charge is 0.318 e. The molecule has 2 fully saturated rings. The first kappa shape index (κ1) is 30.6. The zero-order valence-corrected chi connectivity index (χ0v) is 25.8. The Morgan fingerprint density at radius 3 is 2.44 bits per heavy atom. The van der Waals surface area contributed by atoms with E-state index in [1.807, 2.05) is 76.6 Å². The summed E-state index contributed by atoms with van der Waals surface area (Å²) in [5.41, 5.74) is 3.54. The van der Waals surface area contributed by atoms with E-state index in [1.54, 1.807) is 4.90 Å². The standard InChI is InChI=1S/C34H45N5O4/c1-5-43-30-14-13-23(21-38(3)4)19-29(30)36-33(41)31(22(2)27-20-35-28-12-7-6-11-26(27)28)37-34(42)39-17-15-25(16-18-39)32(40)24-9-8-10-24/h6-7,11-14,19-20,22,24-25,31,35H,5,8-10,15-18,21H2,1-4H3,(H,36,41)(H,37,42)/t22-,31+/m0/s1. The first-order valence-corrected chi connectivity index (χ1v) is 15.6. The van der Waals surface area contributed by atoms with Crippen molar-refractivity contribution in [2.24, 2.45) is 11.8 Å². The second-order valence-electron chi connectivity index (χ2n) is 12.3. The number of Topliss-reactive ketones (excluding diaryl/α,β-unsaturated/α-hetero) is 1. The molecule has 2 atom stereocenters. The molecule has 9 heteroatoms. The minimum absolute atomic E-state index is 0.0324. The molecule has 43 heavy (non-hydrogen) atoms. The van der Waals surface area contributed by atoms with Gasteiger partial charge in [-0.1, -0.05) is 37.6 Å². The summed E-state index contributed by atoms with van der Waals surface area (Å²) >= 11 is 0. The number of benzene rings is 2. The summed E-state index contributed by atoms with van der Waals surface area (Å²) in [7, 11) is 3.99. The minimum Gasteiger partial charge on any atom is -0.492 e. The summed E-state index contributed by atoms with van der Waals surface area (Å²) < 4.78 is 5.85. The van der Waals surface area contributed by atoms with E-state index in [2.05, 4.69) is 20.5 Å². The van der Waals surface area contributed by atoms with Crippen LogP contribution >= 0.6 is 0 Å². The lowest BCUT2D eigenvalue weighted by Crippen LogP contribution is -2.53. The lowest BCUT2D eigenvalue weighted by atomic mass is 9.75. The first-order chi connectivity index (χ1) is 20.7. The third kappa shape index (κ3) is 7.04. The number of likely N-dealkylation sites (tertiary alicyclic amines) is 1. The molecule has 0 radical (unpaired) electrons. The molecule has 0 spiro atoms. The van der Waals surface area contributed by atoms with Gasteiger partial charge >= 0.3 is 6.03 Å². The van der Waals surface area contributed by atoms with Gasteiger partial charge in [-0.3, -0.25) is 9.59 Å². The number of carbonyl (C=O) groups excluding carboxylic acids is 3. The molecule has 3 N–H and O–H groups in total. The Kier molecular flexibility index (Phi) is 9.70. The Morgan fingerprint density at radius 2 is 1.77 bits per heavy atom. The predicted molar refractivity (Wildman–Crippen MR) is 169 cm³/mol. The maximum atomic E-state index is 14.1. The molecule has 1 aliphatic heterocycles. The highest BCUT2D eigenvalue weighted by molar-refractivity contribution is 5.99. The Labute approximate surface area is 254 Å². The number of piperidine rings is 1. The lowest BCUT2D eigenvalue weighted by Gasteiger charge is -2.36. The molecule has 5 rings (SSSR count). The van der Waals surface area contributed by atoms with E-state index in [0.29, 0.717) is 56.3 Å². The lowest BCUT2D eigenvalue weighted by molar-refractivity contribution is -0.130. The van der Waals surface area contributed by atoms with Crippen LogP contribution in [0.15, 0.2) is 48.7 Å². The van der Waals surface area contributed by atoms with Crippen molar-refractivity contribution >= 4 is 34.3 Å². The topological polar surface area (TPSA) is 107 Å². The van der Waals surface area contributed by atoms with E-state index >= 15 is 0 Å². The van der Waals surface area contributed by atoms with Crippen molar-refractivity contribution in [2.45, 2.75) is 64.5 Å². The summed E-state index contributed by atoms with van der Waals surface area (Å²) in [6.07, 6.45) is 6.42. The van der Waals surface area contributed by atoms with Crippen molar-refractivity contribution < 1.29 is 19.1 Å². The fourth-order valence-electron chi connectivity index (χ4n) is 6.32. The SMILES string of the molecule is CCOc1ccc(CN(C)C)cc1NC(=O)[C@H](NC(=O)N1CCC(C(=O)C2CCC2)CC1)[C@@H](C)c1c[nH]c2ccccc12. The van der Waals surface area contributed by atoms with E-state index in [9.17, 15) is 14.4 Å². The average molecular weight is 588 g/mol. The highest BCUT2D eigenvalue weighted by atomic mass is 16.5. The molecule has 3 aromatic rings. The molecule has 1 aromatic heterocycles. The number of anilines is 1. The number of urea groups is 1. The van der Waals surface area contributed by atoms with Crippen LogP contribution in [0, 0.1) is 11.8 Å². The van der Waals surface area contributed by atoms with Gasteiger partial charge in [0.2, 0.25) is 5.91 Å². The summed E-state index contributed by atoms with van der Waals surface area (Å²) in [6, 6.07) is 12.6. The fourth-order valence-corrected chi connectivity index (χ4v) is 6.32. The van der Waals surface area contributed by atoms with E-state index in [1.165, 1.54) is 0 Å². The maximum absolute atomic E-state index is 14.1. The monoisotopic (exact) mass is 587 g/mol. The van der Waals surface area contributed by atoms with Crippen molar-refractivity contribution in [1.29, 1.82) is 0 Å². The van der Waals surface area contributed by atoms with Crippen molar-refractivity contribution in [2.75, 3.05) is 39.1 Å². The Balaban J connectivity index is 1.36. The summed E-state index contributed by atoms with van der Waals surface area (Å²) in [5.74, 6) is 0.556. The molecular formula is C34H45N5O4. The highest BCUT2D eigenvalue weighted by Crippen LogP contribution is 2.34. The second-order valence-corrected chi connectivity index (χ2v) is 12.3. The number of aromatic amines is 1. The van der Waals surface area contributed by atoms with Crippen LogP contribution in [0.1, 0.15) is 63.0 Å². The number of rotatable bonds is 11. The number of carbonyl (C=O) groups is 3. The molecule has 0 unspecified atom stereocenters. The second kappa shape index (κ2) is 13.6. The van der Waals surface area contributed by atoms with Crippen LogP contribution in [0.25, 0.3) is 10.9 Å². The van der Waals surface area contributed by atoms with Gasteiger partial charge in [0.05, 0.1) is 12.3 Å². The van der Waals surface area contributed by atoms with E-state index in [0.717, 1.165) is 41.3 Å². The Morgan fingerprint density at radius 1 is 1.05 bits per heavy atom. The number of nitrogens with one attached hydrogen (secondary N) is 3. The largest absolute Gasteiger partial charge is 0.492 e. The van der Waals surface area contributed by atoms with E-state index in [4.69, 9.17) is 4.74 Å². The number of amides is 3. The van der Waals surface area contributed by atoms with Gasteiger partial charge in [0.15, 0.2) is 0 Å². The quantitative estimate of drug-likeness (QED) is 0.274.